The molecule has 4 heteroatoms. The van der Waals surface area contributed by atoms with Gasteiger partial charge in [0, 0.05) is 18.0 Å². The van der Waals surface area contributed by atoms with Gasteiger partial charge in [0.2, 0.25) is 0 Å². The number of likely N-dealkylation sites (tertiary alicyclic amines) is 1. The Morgan fingerprint density at radius 2 is 2.18 bits per heavy atom. The summed E-state index contributed by atoms with van der Waals surface area (Å²) in [6.45, 7) is 4.98. The molecule has 17 heavy (non-hydrogen) atoms. The van der Waals surface area contributed by atoms with Crippen molar-refractivity contribution >= 4 is 12.3 Å². The van der Waals surface area contributed by atoms with Gasteiger partial charge in [0.15, 0.2) is 0 Å². The molecule has 0 aromatic heterocycles. The fraction of sp³-hybridized carbons (Fsp3) is 0.846. The van der Waals surface area contributed by atoms with E-state index in [9.17, 15) is 9.59 Å². The molecule has 96 valence electrons. The number of nitrogens with zero attached hydrogens (tertiary/aromatic N) is 1. The number of hydrogen-bond acceptors (Lipinski definition) is 3. The molecule has 0 spiro atoms. The molecule has 2 rings (SSSR count). The fourth-order valence-corrected chi connectivity index (χ4v) is 2.92. The molecule has 1 N–H and O–H groups in total. The van der Waals surface area contributed by atoms with E-state index < -0.39 is 11.4 Å². The second kappa shape index (κ2) is 4.09. The topological polar surface area (TPSA) is 57.6 Å². The van der Waals surface area contributed by atoms with E-state index in [1.54, 1.807) is 13.8 Å². The predicted octanol–water partition coefficient (Wildman–Crippen LogP) is 1.54. The van der Waals surface area contributed by atoms with Crippen molar-refractivity contribution in [2.45, 2.75) is 45.6 Å². The number of aliphatic carboxylic acids is 1. The van der Waals surface area contributed by atoms with Gasteiger partial charge in [-0.2, -0.15) is 0 Å². The normalized spacial score (nSPS) is 28.0. The third-order valence-corrected chi connectivity index (χ3v) is 4.27. The first-order chi connectivity index (χ1) is 7.91. The molecule has 0 aromatic rings. The van der Waals surface area contributed by atoms with Gasteiger partial charge in [0.1, 0.15) is 6.29 Å². The SMILES string of the molecule is CC(C)(CN1CCC[C@H]1C1(C=O)CC1)C(=O)O. The highest BCUT2D eigenvalue weighted by Gasteiger charge is 2.53. The maximum atomic E-state index is 11.2. The number of carbonyl (C=O) groups is 2. The Morgan fingerprint density at radius 3 is 2.65 bits per heavy atom. The van der Waals surface area contributed by atoms with Crippen LogP contribution < -0.4 is 0 Å². The number of carboxylic acids is 1. The Kier molecular flexibility index (Phi) is 3.02. The van der Waals surface area contributed by atoms with E-state index in [0.29, 0.717) is 6.54 Å². The maximum absolute atomic E-state index is 11.2. The Bertz CT molecular complexity index is 334. The zero-order valence-corrected chi connectivity index (χ0v) is 10.6. The summed E-state index contributed by atoms with van der Waals surface area (Å²) in [5, 5.41) is 9.17. The minimum absolute atomic E-state index is 0.148. The minimum atomic E-state index is -0.765. The number of hydrogen-bond donors (Lipinski definition) is 1. The van der Waals surface area contributed by atoms with Gasteiger partial charge in [-0.3, -0.25) is 9.69 Å². The molecular weight excluding hydrogens is 218 g/mol. The van der Waals surface area contributed by atoms with Crippen LogP contribution >= 0.6 is 0 Å². The maximum Gasteiger partial charge on any atom is 0.310 e. The van der Waals surface area contributed by atoms with E-state index in [1.165, 1.54) is 0 Å². The second-order valence-corrected chi connectivity index (χ2v) is 6.17. The molecule has 1 aliphatic carbocycles. The van der Waals surface area contributed by atoms with E-state index in [0.717, 1.165) is 38.5 Å². The van der Waals surface area contributed by atoms with Gasteiger partial charge in [-0.25, -0.2) is 0 Å². The van der Waals surface area contributed by atoms with Gasteiger partial charge < -0.3 is 9.90 Å². The standard InChI is InChI=1S/C13H21NO3/c1-12(2,11(16)17)8-14-7-3-4-10(14)13(9-15)5-6-13/h9-10H,3-8H2,1-2H3,(H,16,17)/t10-/m0/s1. The van der Waals surface area contributed by atoms with Crippen LogP contribution in [0.15, 0.2) is 0 Å². The molecule has 0 bridgehead atoms. The van der Waals surface area contributed by atoms with E-state index in [2.05, 4.69) is 4.90 Å². The molecule has 1 aliphatic heterocycles. The van der Waals surface area contributed by atoms with Gasteiger partial charge in [0.05, 0.1) is 5.41 Å². The molecule has 0 unspecified atom stereocenters. The van der Waals surface area contributed by atoms with Crippen LogP contribution in [0.4, 0.5) is 0 Å². The fourth-order valence-electron chi connectivity index (χ4n) is 2.92. The first-order valence-electron chi connectivity index (χ1n) is 6.35. The van der Waals surface area contributed by atoms with Crippen molar-refractivity contribution in [2.24, 2.45) is 10.8 Å². The summed E-state index contributed by atoms with van der Waals surface area (Å²) < 4.78 is 0. The first-order valence-corrected chi connectivity index (χ1v) is 6.35. The summed E-state index contributed by atoms with van der Waals surface area (Å²) in [6, 6.07) is 0.277. The monoisotopic (exact) mass is 239 g/mol. The summed E-state index contributed by atoms with van der Waals surface area (Å²) >= 11 is 0. The van der Waals surface area contributed by atoms with Crippen molar-refractivity contribution in [1.82, 2.24) is 4.90 Å². The molecule has 0 amide bonds. The molecule has 4 nitrogen and oxygen atoms in total. The summed E-state index contributed by atoms with van der Waals surface area (Å²) in [7, 11) is 0. The van der Waals surface area contributed by atoms with Crippen LogP contribution in [0.3, 0.4) is 0 Å². The zero-order chi connectivity index (χ0) is 12.7. The van der Waals surface area contributed by atoms with Crippen molar-refractivity contribution < 1.29 is 14.7 Å². The van der Waals surface area contributed by atoms with Gasteiger partial charge in [-0.15, -0.1) is 0 Å². The molecule has 1 atom stereocenters. The largest absolute Gasteiger partial charge is 0.481 e. The van der Waals surface area contributed by atoms with Crippen molar-refractivity contribution in [3.8, 4) is 0 Å². The van der Waals surface area contributed by atoms with E-state index >= 15 is 0 Å². The molecule has 0 aromatic carbocycles. The zero-order valence-electron chi connectivity index (χ0n) is 10.6. The van der Waals surface area contributed by atoms with Crippen LogP contribution in [0, 0.1) is 10.8 Å². The lowest BCUT2D eigenvalue weighted by Crippen LogP contribution is -2.45. The molecule has 1 saturated heterocycles. The van der Waals surface area contributed by atoms with Crippen LogP contribution in [0.25, 0.3) is 0 Å². The number of carbonyl (C=O) groups excluding carboxylic acids is 1. The number of aldehydes is 1. The Morgan fingerprint density at radius 1 is 1.53 bits per heavy atom. The Balaban J connectivity index is 2.06. The van der Waals surface area contributed by atoms with E-state index in [1.807, 2.05) is 0 Å². The third-order valence-electron chi connectivity index (χ3n) is 4.27. The molecular formula is C13H21NO3. The molecule has 0 radical (unpaired) electrons. The average Bonchev–Trinajstić information content (AvgIpc) is 2.93. The van der Waals surface area contributed by atoms with Gasteiger partial charge in [0.25, 0.3) is 0 Å². The van der Waals surface area contributed by atoms with Gasteiger partial charge in [-0.1, -0.05) is 0 Å². The van der Waals surface area contributed by atoms with Crippen LogP contribution in [0.1, 0.15) is 39.5 Å². The molecule has 2 fully saturated rings. The first kappa shape index (κ1) is 12.6. The van der Waals surface area contributed by atoms with E-state index in [-0.39, 0.29) is 11.5 Å². The van der Waals surface area contributed by atoms with Crippen molar-refractivity contribution in [2.75, 3.05) is 13.1 Å². The van der Waals surface area contributed by atoms with Crippen molar-refractivity contribution in [1.29, 1.82) is 0 Å². The highest BCUT2D eigenvalue weighted by Crippen LogP contribution is 2.51. The molecule has 1 saturated carbocycles. The highest BCUT2D eigenvalue weighted by molar-refractivity contribution is 5.74. The van der Waals surface area contributed by atoms with Gasteiger partial charge >= 0.3 is 5.97 Å². The smallest absolute Gasteiger partial charge is 0.310 e. The van der Waals surface area contributed by atoms with Crippen LogP contribution in [0.2, 0.25) is 0 Å². The van der Waals surface area contributed by atoms with Gasteiger partial charge in [-0.05, 0) is 46.1 Å². The molecule has 2 aliphatic rings. The van der Waals surface area contributed by atoms with Crippen molar-refractivity contribution in [3.63, 3.8) is 0 Å². The lowest BCUT2D eigenvalue weighted by Gasteiger charge is -2.33. The van der Waals surface area contributed by atoms with Crippen LogP contribution in [0.5, 0.6) is 0 Å². The lowest BCUT2D eigenvalue weighted by molar-refractivity contribution is -0.148. The predicted molar refractivity (Wildman–Crippen MR) is 63.7 cm³/mol. The van der Waals surface area contributed by atoms with Crippen LogP contribution in [-0.4, -0.2) is 41.4 Å². The minimum Gasteiger partial charge on any atom is -0.481 e. The number of carboxylic acid groups (broad SMARTS) is 1. The Hall–Kier alpha value is -0.900. The quantitative estimate of drug-likeness (QED) is 0.739. The summed E-state index contributed by atoms with van der Waals surface area (Å²) in [5.41, 5.74) is -0.882. The van der Waals surface area contributed by atoms with Crippen molar-refractivity contribution in [3.05, 3.63) is 0 Å². The summed E-state index contributed by atoms with van der Waals surface area (Å²) in [5.74, 6) is -0.765. The number of rotatable bonds is 5. The highest BCUT2D eigenvalue weighted by atomic mass is 16.4. The van der Waals surface area contributed by atoms with E-state index in [4.69, 9.17) is 5.11 Å². The average molecular weight is 239 g/mol. The van der Waals surface area contributed by atoms with Crippen LogP contribution in [-0.2, 0) is 9.59 Å². The second-order valence-electron chi connectivity index (χ2n) is 6.17. The Labute approximate surface area is 102 Å². The lowest BCUT2D eigenvalue weighted by atomic mass is 9.90. The molecule has 1 heterocycles. The third kappa shape index (κ3) is 2.23. The summed E-state index contributed by atoms with van der Waals surface area (Å²) in [6.07, 6.45) is 5.17. The summed E-state index contributed by atoms with van der Waals surface area (Å²) in [4.78, 5) is 24.6.